The minimum Gasteiger partial charge on any atom is -0.492 e. The van der Waals surface area contributed by atoms with Crippen LogP contribution in [0, 0.1) is 0 Å². The van der Waals surface area contributed by atoms with Gasteiger partial charge >= 0.3 is 0 Å². The lowest BCUT2D eigenvalue weighted by Gasteiger charge is -2.19. The van der Waals surface area contributed by atoms with E-state index in [1.165, 1.54) is 4.90 Å². The lowest BCUT2D eigenvalue weighted by Crippen LogP contribution is -2.27. The van der Waals surface area contributed by atoms with E-state index in [1.807, 2.05) is 6.92 Å². The van der Waals surface area contributed by atoms with Gasteiger partial charge in [0.15, 0.2) is 0 Å². The van der Waals surface area contributed by atoms with Gasteiger partial charge in [-0.2, -0.15) is 0 Å². The fourth-order valence-electron chi connectivity index (χ4n) is 2.05. The van der Waals surface area contributed by atoms with Crippen LogP contribution in [0.2, 0.25) is 0 Å². The fourth-order valence-corrected chi connectivity index (χ4v) is 3.08. The second kappa shape index (κ2) is 5.38. The van der Waals surface area contributed by atoms with Crippen molar-refractivity contribution < 1.29 is 17.9 Å². The Balaban J connectivity index is 2.31. The zero-order valence-electron chi connectivity index (χ0n) is 10.4. The van der Waals surface area contributed by atoms with Crippen molar-refractivity contribution in [3.63, 3.8) is 0 Å². The number of halogens is 1. The van der Waals surface area contributed by atoms with Gasteiger partial charge in [0.2, 0.25) is 15.0 Å². The van der Waals surface area contributed by atoms with Crippen LogP contribution in [0.25, 0.3) is 0 Å². The lowest BCUT2D eigenvalue weighted by molar-refractivity contribution is -0.117. The number of para-hydroxylation sites is 2. The number of hydrogen-bond acceptors (Lipinski definition) is 4. The van der Waals surface area contributed by atoms with Crippen molar-refractivity contribution in [3.05, 3.63) is 24.3 Å². The van der Waals surface area contributed by atoms with E-state index >= 15 is 0 Å². The van der Waals surface area contributed by atoms with Crippen molar-refractivity contribution in [3.8, 4) is 5.75 Å². The van der Waals surface area contributed by atoms with Crippen molar-refractivity contribution in [2.75, 3.05) is 18.1 Å². The number of nitrogens with zero attached hydrogens (tertiary/aromatic N) is 1. The largest absolute Gasteiger partial charge is 0.492 e. The number of anilines is 1. The monoisotopic (exact) mass is 303 g/mol. The Bertz CT molecular complexity index is 587. The molecule has 104 valence electrons. The summed E-state index contributed by atoms with van der Waals surface area (Å²) in [6, 6.07) is 7.04. The number of ether oxygens (including phenoxy) is 1. The van der Waals surface area contributed by atoms with E-state index in [0.717, 1.165) is 0 Å². The Labute approximate surface area is 116 Å². The molecule has 0 bridgehead atoms. The molecule has 1 atom stereocenters. The molecule has 2 rings (SSSR count). The fraction of sp³-hybridized carbons (Fsp3) is 0.417. The Morgan fingerprint density at radius 2 is 2.11 bits per heavy atom. The Hall–Kier alpha value is -1.27. The summed E-state index contributed by atoms with van der Waals surface area (Å²) >= 11 is 0. The predicted molar refractivity (Wildman–Crippen MR) is 73.1 cm³/mol. The Morgan fingerprint density at radius 3 is 2.68 bits per heavy atom. The minimum atomic E-state index is -3.73. The molecule has 0 saturated carbocycles. The molecule has 1 unspecified atom stereocenters. The first-order valence-corrected chi connectivity index (χ1v) is 8.26. The lowest BCUT2D eigenvalue weighted by atomic mass is 10.2. The highest BCUT2D eigenvalue weighted by molar-refractivity contribution is 8.14. The van der Waals surface area contributed by atoms with E-state index in [-0.39, 0.29) is 18.9 Å². The maximum absolute atomic E-state index is 11.9. The molecule has 0 spiro atoms. The van der Waals surface area contributed by atoms with Crippen molar-refractivity contribution in [1.29, 1.82) is 0 Å². The molecule has 1 fully saturated rings. The standard InChI is InChI=1S/C12H14ClNO4S/c1-2-18-11-6-4-3-5-10(11)14-8-9(7-12(14)15)19(13,16)17/h3-6,9H,2,7-8H2,1H3. The van der Waals surface area contributed by atoms with Crippen LogP contribution in [-0.2, 0) is 13.8 Å². The van der Waals surface area contributed by atoms with Gasteiger partial charge in [0, 0.05) is 23.6 Å². The molecule has 0 radical (unpaired) electrons. The summed E-state index contributed by atoms with van der Waals surface area (Å²) in [6.45, 7) is 2.37. The van der Waals surface area contributed by atoms with Crippen LogP contribution < -0.4 is 9.64 Å². The summed E-state index contributed by atoms with van der Waals surface area (Å²) in [5.74, 6) is 0.298. The molecule has 0 aliphatic carbocycles. The molecule has 1 aromatic carbocycles. The molecule has 1 saturated heterocycles. The van der Waals surface area contributed by atoms with Gasteiger partial charge in [-0.05, 0) is 19.1 Å². The van der Waals surface area contributed by atoms with E-state index in [0.29, 0.717) is 18.0 Å². The highest BCUT2D eigenvalue weighted by Gasteiger charge is 2.38. The highest BCUT2D eigenvalue weighted by Crippen LogP contribution is 2.33. The molecule has 1 aliphatic heterocycles. The van der Waals surface area contributed by atoms with Crippen LogP contribution in [0.4, 0.5) is 5.69 Å². The van der Waals surface area contributed by atoms with Gasteiger partial charge in [-0.1, -0.05) is 12.1 Å². The molecule has 1 aliphatic rings. The molecule has 5 nitrogen and oxygen atoms in total. The van der Waals surface area contributed by atoms with E-state index < -0.39 is 14.3 Å². The second-order valence-corrected chi connectivity index (χ2v) is 7.12. The number of rotatable bonds is 4. The van der Waals surface area contributed by atoms with Gasteiger partial charge in [-0.3, -0.25) is 4.79 Å². The number of carbonyl (C=O) groups is 1. The summed E-state index contributed by atoms with van der Waals surface area (Å²) in [4.78, 5) is 13.3. The normalized spacial score (nSPS) is 19.8. The van der Waals surface area contributed by atoms with Gasteiger partial charge in [-0.25, -0.2) is 8.42 Å². The molecule has 1 amide bonds. The predicted octanol–water partition coefficient (Wildman–Crippen LogP) is 1.76. The zero-order valence-corrected chi connectivity index (χ0v) is 11.9. The Kier molecular flexibility index (Phi) is 4.01. The number of benzene rings is 1. The quantitative estimate of drug-likeness (QED) is 0.795. The number of hydrogen-bond donors (Lipinski definition) is 0. The Morgan fingerprint density at radius 1 is 1.42 bits per heavy atom. The average Bonchev–Trinajstić information content (AvgIpc) is 2.72. The molecule has 19 heavy (non-hydrogen) atoms. The summed E-state index contributed by atoms with van der Waals surface area (Å²) < 4.78 is 28.1. The van der Waals surface area contributed by atoms with E-state index in [1.54, 1.807) is 24.3 Å². The topological polar surface area (TPSA) is 63.7 Å². The molecule has 0 aromatic heterocycles. The average molecular weight is 304 g/mol. The third-order valence-electron chi connectivity index (χ3n) is 2.94. The van der Waals surface area contributed by atoms with Crippen LogP contribution in [0.15, 0.2) is 24.3 Å². The summed E-state index contributed by atoms with van der Waals surface area (Å²) in [7, 11) is 1.59. The van der Waals surface area contributed by atoms with Gasteiger partial charge < -0.3 is 9.64 Å². The van der Waals surface area contributed by atoms with Gasteiger partial charge in [0.05, 0.1) is 12.3 Å². The van der Waals surface area contributed by atoms with Crippen molar-refractivity contribution in [2.24, 2.45) is 0 Å². The maximum Gasteiger partial charge on any atom is 0.237 e. The molecule has 7 heteroatoms. The smallest absolute Gasteiger partial charge is 0.237 e. The van der Waals surface area contributed by atoms with Crippen LogP contribution >= 0.6 is 10.7 Å². The van der Waals surface area contributed by atoms with Crippen molar-refractivity contribution in [2.45, 2.75) is 18.6 Å². The molecule has 1 aromatic rings. The molecule has 0 N–H and O–H groups in total. The zero-order chi connectivity index (χ0) is 14.0. The third kappa shape index (κ3) is 3.01. The van der Waals surface area contributed by atoms with E-state index in [4.69, 9.17) is 15.4 Å². The summed E-state index contributed by atoms with van der Waals surface area (Å²) in [5, 5.41) is -0.864. The molecular formula is C12H14ClNO4S. The van der Waals surface area contributed by atoms with Crippen LogP contribution in [0.1, 0.15) is 13.3 Å². The van der Waals surface area contributed by atoms with Crippen LogP contribution in [0.5, 0.6) is 5.75 Å². The molecule has 1 heterocycles. The third-order valence-corrected chi connectivity index (χ3v) is 4.81. The molecular weight excluding hydrogens is 290 g/mol. The first-order chi connectivity index (χ1) is 8.93. The van der Waals surface area contributed by atoms with E-state index in [9.17, 15) is 13.2 Å². The first-order valence-electron chi connectivity index (χ1n) is 5.89. The SMILES string of the molecule is CCOc1ccccc1N1CC(S(=O)(=O)Cl)CC1=O. The first kappa shape index (κ1) is 14.1. The summed E-state index contributed by atoms with van der Waals surface area (Å²) in [6.07, 6.45) is -0.0910. The van der Waals surface area contributed by atoms with E-state index in [2.05, 4.69) is 0 Å². The number of amides is 1. The number of carbonyl (C=O) groups excluding carboxylic acids is 1. The van der Waals surface area contributed by atoms with Crippen LogP contribution in [-0.4, -0.2) is 32.7 Å². The minimum absolute atomic E-state index is 0.0642. The second-order valence-electron chi connectivity index (χ2n) is 4.21. The van der Waals surface area contributed by atoms with Gasteiger partial charge in [0.25, 0.3) is 0 Å². The van der Waals surface area contributed by atoms with Crippen molar-refractivity contribution in [1.82, 2.24) is 0 Å². The van der Waals surface area contributed by atoms with Crippen molar-refractivity contribution >= 4 is 31.3 Å². The van der Waals surface area contributed by atoms with Gasteiger partial charge in [-0.15, -0.1) is 0 Å². The van der Waals surface area contributed by atoms with Crippen LogP contribution in [0.3, 0.4) is 0 Å². The highest BCUT2D eigenvalue weighted by atomic mass is 35.7. The maximum atomic E-state index is 11.9. The van der Waals surface area contributed by atoms with Gasteiger partial charge in [0.1, 0.15) is 11.0 Å². The summed E-state index contributed by atoms with van der Waals surface area (Å²) in [5.41, 5.74) is 0.581.